The van der Waals surface area contributed by atoms with E-state index in [1.165, 1.54) is 17.0 Å². The Morgan fingerprint density at radius 1 is 1.03 bits per heavy atom. The number of anilines is 1. The third-order valence-corrected chi connectivity index (χ3v) is 5.47. The van der Waals surface area contributed by atoms with Crippen molar-refractivity contribution in [3.8, 4) is 11.5 Å². The maximum absolute atomic E-state index is 12.6. The number of aryl methyl sites for hydroxylation is 1. The lowest BCUT2D eigenvalue weighted by Gasteiger charge is -2.29. The van der Waals surface area contributed by atoms with Crippen molar-refractivity contribution < 1.29 is 33.5 Å². The Morgan fingerprint density at radius 2 is 1.82 bits per heavy atom. The summed E-state index contributed by atoms with van der Waals surface area (Å²) in [6.07, 6.45) is 1.05. The number of rotatable bonds is 7. The summed E-state index contributed by atoms with van der Waals surface area (Å²) >= 11 is 0. The fourth-order valence-corrected chi connectivity index (χ4v) is 3.83. The second-order valence-electron chi connectivity index (χ2n) is 7.66. The smallest absolute Gasteiger partial charge is 0.306 e. The molecule has 0 unspecified atom stereocenters. The number of hydrogen-bond acceptors (Lipinski definition) is 8. The highest BCUT2D eigenvalue weighted by Gasteiger charge is 2.25. The highest BCUT2D eigenvalue weighted by atomic mass is 16.6. The Hall–Kier alpha value is -3.95. The molecule has 0 saturated heterocycles. The molecule has 10 nitrogen and oxygen atoms in total. The van der Waals surface area contributed by atoms with Gasteiger partial charge in [-0.05, 0) is 42.7 Å². The predicted octanol–water partition coefficient (Wildman–Crippen LogP) is 2.85. The summed E-state index contributed by atoms with van der Waals surface area (Å²) in [5.41, 5.74) is 1.67. The minimum absolute atomic E-state index is 0.0304. The van der Waals surface area contributed by atoms with Gasteiger partial charge in [0.2, 0.25) is 0 Å². The van der Waals surface area contributed by atoms with Gasteiger partial charge in [-0.15, -0.1) is 0 Å². The Balaban J connectivity index is 1.28. The van der Waals surface area contributed by atoms with Gasteiger partial charge in [-0.2, -0.15) is 0 Å². The van der Waals surface area contributed by atoms with Gasteiger partial charge in [0.05, 0.1) is 11.3 Å². The number of benzene rings is 2. The van der Waals surface area contributed by atoms with Gasteiger partial charge in [0.1, 0.15) is 13.2 Å². The third kappa shape index (κ3) is 5.11. The molecule has 0 aromatic heterocycles. The Kier molecular flexibility index (Phi) is 6.53. The standard InChI is InChI=1S/C23H22N2O8/c26-19(16-3-7-20-21(13-16)32-11-10-31-20)6-8-23(28)33-14-22(27)24-9-1-2-15-12-17(25(29)30)4-5-18(15)24/h3-5,7,12-13H,1-2,6,8-11,14H2. The summed E-state index contributed by atoms with van der Waals surface area (Å²) in [5.74, 6) is -0.259. The molecule has 0 bridgehead atoms. The van der Waals surface area contributed by atoms with E-state index < -0.39 is 23.4 Å². The number of ketones is 1. The molecule has 172 valence electrons. The van der Waals surface area contributed by atoms with E-state index in [0.717, 1.165) is 0 Å². The molecule has 0 radical (unpaired) electrons. The number of nitro groups is 1. The predicted molar refractivity (Wildman–Crippen MR) is 116 cm³/mol. The molecule has 0 N–H and O–H groups in total. The van der Waals surface area contributed by atoms with Gasteiger partial charge >= 0.3 is 5.97 Å². The first-order chi connectivity index (χ1) is 15.9. The molecule has 33 heavy (non-hydrogen) atoms. The maximum atomic E-state index is 12.6. The van der Waals surface area contributed by atoms with Crippen LogP contribution in [0.25, 0.3) is 0 Å². The Bertz CT molecular complexity index is 1110. The first-order valence-corrected chi connectivity index (χ1v) is 10.6. The highest BCUT2D eigenvalue weighted by Crippen LogP contribution is 2.32. The summed E-state index contributed by atoms with van der Waals surface area (Å²) in [4.78, 5) is 49.1. The number of nitrogens with zero attached hydrogens (tertiary/aromatic N) is 2. The summed E-state index contributed by atoms with van der Waals surface area (Å²) in [7, 11) is 0. The van der Waals surface area contributed by atoms with Gasteiger partial charge in [-0.25, -0.2) is 0 Å². The minimum Gasteiger partial charge on any atom is -0.486 e. The van der Waals surface area contributed by atoms with Crippen LogP contribution in [0.3, 0.4) is 0 Å². The van der Waals surface area contributed by atoms with Crippen LogP contribution in [0.2, 0.25) is 0 Å². The van der Waals surface area contributed by atoms with Crippen molar-refractivity contribution in [3.63, 3.8) is 0 Å². The summed E-state index contributed by atoms with van der Waals surface area (Å²) in [5, 5.41) is 11.0. The van der Waals surface area contributed by atoms with E-state index in [-0.39, 0.29) is 24.3 Å². The van der Waals surface area contributed by atoms with Gasteiger partial charge in [-0.1, -0.05) is 0 Å². The molecular formula is C23H22N2O8. The topological polar surface area (TPSA) is 125 Å². The van der Waals surface area contributed by atoms with E-state index in [2.05, 4.69) is 0 Å². The number of esters is 1. The van der Waals surface area contributed by atoms with Crippen LogP contribution >= 0.6 is 0 Å². The molecule has 1 amide bonds. The lowest BCUT2D eigenvalue weighted by molar-refractivity contribution is -0.384. The van der Waals surface area contributed by atoms with Crippen molar-refractivity contribution in [2.24, 2.45) is 0 Å². The van der Waals surface area contributed by atoms with E-state index >= 15 is 0 Å². The van der Waals surface area contributed by atoms with Crippen molar-refractivity contribution in [3.05, 3.63) is 57.6 Å². The summed E-state index contributed by atoms with van der Waals surface area (Å²) in [6, 6.07) is 9.21. The first kappa shape index (κ1) is 22.3. The average molecular weight is 454 g/mol. The second kappa shape index (κ2) is 9.68. The van der Waals surface area contributed by atoms with Crippen LogP contribution < -0.4 is 14.4 Å². The molecule has 0 spiro atoms. The van der Waals surface area contributed by atoms with E-state index in [0.29, 0.717) is 60.9 Å². The lowest BCUT2D eigenvalue weighted by Crippen LogP contribution is -2.38. The second-order valence-corrected chi connectivity index (χ2v) is 7.66. The van der Waals surface area contributed by atoms with E-state index in [1.807, 2.05) is 0 Å². The average Bonchev–Trinajstić information content (AvgIpc) is 2.84. The van der Waals surface area contributed by atoms with Gasteiger partial charge in [0.15, 0.2) is 23.9 Å². The molecule has 2 aromatic rings. The van der Waals surface area contributed by atoms with Crippen LogP contribution in [0.4, 0.5) is 11.4 Å². The van der Waals surface area contributed by atoms with Crippen molar-refractivity contribution in [1.29, 1.82) is 0 Å². The van der Waals surface area contributed by atoms with Crippen molar-refractivity contribution >= 4 is 29.0 Å². The van der Waals surface area contributed by atoms with Crippen LogP contribution in [0.15, 0.2) is 36.4 Å². The fourth-order valence-electron chi connectivity index (χ4n) is 3.83. The van der Waals surface area contributed by atoms with Crippen LogP contribution in [-0.2, 0) is 20.7 Å². The molecule has 2 aliphatic rings. The number of nitro benzene ring substituents is 1. The Morgan fingerprint density at radius 3 is 2.61 bits per heavy atom. The normalized spacial score (nSPS) is 14.2. The van der Waals surface area contributed by atoms with Crippen LogP contribution in [0.1, 0.15) is 35.2 Å². The molecule has 2 aliphatic heterocycles. The first-order valence-electron chi connectivity index (χ1n) is 10.6. The molecule has 4 rings (SSSR count). The SMILES string of the molecule is O=C(CCC(=O)c1ccc2c(c1)OCCO2)OCC(=O)N1CCCc2cc([N+](=O)[O-])ccc21. The molecule has 0 fully saturated rings. The molecule has 0 saturated carbocycles. The number of carbonyl (C=O) groups is 3. The number of non-ortho nitro benzene ring substituents is 1. The van der Waals surface area contributed by atoms with Crippen LogP contribution in [0, 0.1) is 10.1 Å². The van der Waals surface area contributed by atoms with Gasteiger partial charge in [0.25, 0.3) is 11.6 Å². The number of fused-ring (bicyclic) bond motifs is 2. The van der Waals surface area contributed by atoms with Crippen LogP contribution in [0.5, 0.6) is 11.5 Å². The highest BCUT2D eigenvalue weighted by molar-refractivity contribution is 5.99. The molecule has 2 heterocycles. The zero-order valence-electron chi connectivity index (χ0n) is 17.8. The molecule has 2 aromatic carbocycles. The number of carbonyl (C=O) groups excluding carboxylic acids is 3. The third-order valence-electron chi connectivity index (χ3n) is 5.47. The van der Waals surface area contributed by atoms with E-state index in [1.54, 1.807) is 24.3 Å². The largest absolute Gasteiger partial charge is 0.486 e. The minimum atomic E-state index is -0.657. The number of ether oxygens (including phenoxy) is 3. The molecule has 10 heteroatoms. The molecule has 0 aliphatic carbocycles. The maximum Gasteiger partial charge on any atom is 0.306 e. The van der Waals surface area contributed by atoms with Crippen molar-refractivity contribution in [2.45, 2.75) is 25.7 Å². The lowest BCUT2D eigenvalue weighted by atomic mass is 10.0. The number of amides is 1. The number of hydrogen-bond donors (Lipinski definition) is 0. The quantitative estimate of drug-likeness (QED) is 0.271. The van der Waals surface area contributed by atoms with Gasteiger partial charge in [-0.3, -0.25) is 24.5 Å². The van der Waals surface area contributed by atoms with Crippen molar-refractivity contribution in [2.75, 3.05) is 31.3 Å². The van der Waals surface area contributed by atoms with Crippen LogP contribution in [-0.4, -0.2) is 48.9 Å². The van der Waals surface area contributed by atoms with Gasteiger partial charge < -0.3 is 19.1 Å². The molecular weight excluding hydrogens is 432 g/mol. The van der Waals surface area contributed by atoms with E-state index in [9.17, 15) is 24.5 Å². The molecule has 0 atom stereocenters. The zero-order valence-corrected chi connectivity index (χ0v) is 17.8. The van der Waals surface area contributed by atoms with Crippen molar-refractivity contribution in [1.82, 2.24) is 0 Å². The zero-order chi connectivity index (χ0) is 23.4. The number of Topliss-reactive ketones (excluding diaryl/α,β-unsaturated/α-hetero) is 1. The van der Waals surface area contributed by atoms with Gasteiger partial charge in [0, 0.05) is 36.3 Å². The monoisotopic (exact) mass is 454 g/mol. The summed E-state index contributed by atoms with van der Waals surface area (Å²) in [6.45, 7) is 0.828. The Labute approximate surface area is 189 Å². The fraction of sp³-hybridized carbons (Fsp3) is 0.348. The van der Waals surface area contributed by atoms with E-state index in [4.69, 9.17) is 14.2 Å². The summed E-state index contributed by atoms with van der Waals surface area (Å²) < 4.78 is 16.0.